The maximum absolute atomic E-state index is 13.9. The van der Waals surface area contributed by atoms with Crippen LogP contribution in [0.4, 0.5) is 10.2 Å². The largest absolute Gasteiger partial charge is 0.354 e. The predicted molar refractivity (Wildman–Crippen MR) is 77.3 cm³/mol. The van der Waals surface area contributed by atoms with E-state index in [0.717, 1.165) is 26.1 Å². The first-order chi connectivity index (χ1) is 9.06. The van der Waals surface area contributed by atoms with Crippen LogP contribution in [0.3, 0.4) is 0 Å². The van der Waals surface area contributed by atoms with Crippen LogP contribution in [0.5, 0.6) is 0 Å². The van der Waals surface area contributed by atoms with Gasteiger partial charge in [0.25, 0.3) is 0 Å². The summed E-state index contributed by atoms with van der Waals surface area (Å²) >= 11 is 5.74. The monoisotopic (exact) mass is 285 g/mol. The summed E-state index contributed by atoms with van der Waals surface area (Å²) in [5.41, 5.74) is 0. The molecule has 2 heterocycles. The quantitative estimate of drug-likeness (QED) is 0.921. The standard InChI is InChI=1S/C14H21ClFN3/c1-10(2)17-7-11-4-3-5-19(9-11)14-13(16)6-12(15)8-18-14/h6,8,10-11,17H,3-5,7,9H2,1-2H3. The van der Waals surface area contributed by atoms with Gasteiger partial charge in [0.15, 0.2) is 11.6 Å². The molecular weight excluding hydrogens is 265 g/mol. The number of pyridine rings is 1. The summed E-state index contributed by atoms with van der Waals surface area (Å²) in [4.78, 5) is 6.16. The average molecular weight is 286 g/mol. The van der Waals surface area contributed by atoms with Crippen molar-refractivity contribution < 1.29 is 4.39 Å². The highest BCUT2D eigenvalue weighted by Crippen LogP contribution is 2.25. The van der Waals surface area contributed by atoms with Gasteiger partial charge in [-0.1, -0.05) is 25.4 Å². The smallest absolute Gasteiger partial charge is 0.167 e. The van der Waals surface area contributed by atoms with Crippen LogP contribution in [-0.2, 0) is 0 Å². The van der Waals surface area contributed by atoms with E-state index < -0.39 is 0 Å². The fourth-order valence-electron chi connectivity index (χ4n) is 2.47. The summed E-state index contributed by atoms with van der Waals surface area (Å²) in [6.07, 6.45) is 3.77. The minimum Gasteiger partial charge on any atom is -0.354 e. The molecule has 0 spiro atoms. The van der Waals surface area contributed by atoms with Crippen LogP contribution < -0.4 is 10.2 Å². The minimum atomic E-state index is -0.329. The van der Waals surface area contributed by atoms with Gasteiger partial charge in [0.1, 0.15) is 0 Å². The van der Waals surface area contributed by atoms with Gasteiger partial charge in [-0.3, -0.25) is 0 Å². The van der Waals surface area contributed by atoms with Crippen LogP contribution in [0.1, 0.15) is 26.7 Å². The van der Waals surface area contributed by atoms with Gasteiger partial charge in [-0.2, -0.15) is 0 Å². The number of hydrogen-bond acceptors (Lipinski definition) is 3. The van der Waals surface area contributed by atoms with Gasteiger partial charge in [0, 0.05) is 25.3 Å². The number of aromatic nitrogens is 1. The molecule has 1 aromatic rings. The third-order valence-corrected chi connectivity index (χ3v) is 3.63. The molecule has 2 rings (SSSR count). The molecule has 106 valence electrons. The minimum absolute atomic E-state index is 0.329. The molecule has 19 heavy (non-hydrogen) atoms. The van der Waals surface area contributed by atoms with Gasteiger partial charge in [-0.25, -0.2) is 9.37 Å². The maximum atomic E-state index is 13.9. The molecule has 1 atom stereocenters. The van der Waals surface area contributed by atoms with Crippen molar-refractivity contribution in [1.29, 1.82) is 0 Å². The molecule has 0 radical (unpaired) electrons. The second-order valence-corrected chi connectivity index (χ2v) is 5.91. The Morgan fingerprint density at radius 2 is 2.37 bits per heavy atom. The van der Waals surface area contributed by atoms with Gasteiger partial charge >= 0.3 is 0 Å². The summed E-state index contributed by atoms with van der Waals surface area (Å²) in [5, 5.41) is 3.79. The number of anilines is 1. The number of hydrogen-bond donors (Lipinski definition) is 1. The highest BCUT2D eigenvalue weighted by Gasteiger charge is 2.23. The van der Waals surface area contributed by atoms with Crippen molar-refractivity contribution in [1.82, 2.24) is 10.3 Å². The van der Waals surface area contributed by atoms with Gasteiger partial charge < -0.3 is 10.2 Å². The summed E-state index contributed by atoms with van der Waals surface area (Å²) in [6, 6.07) is 1.82. The maximum Gasteiger partial charge on any atom is 0.167 e. The second kappa shape index (κ2) is 6.53. The first-order valence-electron chi connectivity index (χ1n) is 6.85. The summed E-state index contributed by atoms with van der Waals surface area (Å²) in [7, 11) is 0. The van der Waals surface area contributed by atoms with Crippen molar-refractivity contribution in [3.8, 4) is 0 Å². The van der Waals surface area contributed by atoms with Crippen LogP contribution >= 0.6 is 11.6 Å². The van der Waals surface area contributed by atoms with Gasteiger partial charge in [-0.05, 0) is 31.4 Å². The Kier molecular flexibility index (Phi) is 4.99. The van der Waals surface area contributed by atoms with E-state index in [9.17, 15) is 4.39 Å². The van der Waals surface area contributed by atoms with E-state index in [0.29, 0.717) is 22.8 Å². The Morgan fingerprint density at radius 3 is 3.05 bits per heavy atom. The first-order valence-corrected chi connectivity index (χ1v) is 7.23. The summed E-state index contributed by atoms with van der Waals surface area (Å²) in [5.74, 6) is 0.650. The molecule has 1 N–H and O–H groups in total. The lowest BCUT2D eigenvalue weighted by Gasteiger charge is -2.34. The Labute approximate surface area is 119 Å². The van der Waals surface area contributed by atoms with Crippen molar-refractivity contribution in [2.24, 2.45) is 5.92 Å². The number of halogens is 2. The van der Waals surface area contributed by atoms with E-state index in [1.165, 1.54) is 18.7 Å². The highest BCUT2D eigenvalue weighted by atomic mass is 35.5. The summed E-state index contributed by atoms with van der Waals surface area (Å²) in [6.45, 7) is 6.97. The molecule has 0 saturated carbocycles. The molecule has 1 fully saturated rings. The SMILES string of the molecule is CC(C)NCC1CCCN(c2ncc(Cl)cc2F)C1. The lowest BCUT2D eigenvalue weighted by atomic mass is 9.97. The number of rotatable bonds is 4. The zero-order valence-corrected chi connectivity index (χ0v) is 12.3. The number of nitrogens with one attached hydrogen (secondary N) is 1. The van der Waals surface area contributed by atoms with Crippen molar-refractivity contribution in [3.05, 3.63) is 23.1 Å². The summed E-state index contributed by atoms with van der Waals surface area (Å²) < 4.78 is 13.9. The van der Waals surface area contributed by atoms with Crippen LogP contribution in [0.25, 0.3) is 0 Å². The van der Waals surface area contributed by atoms with Crippen LogP contribution in [0.2, 0.25) is 5.02 Å². The van der Waals surface area contributed by atoms with E-state index >= 15 is 0 Å². The number of piperidine rings is 1. The molecular formula is C14H21ClFN3. The lowest BCUT2D eigenvalue weighted by molar-refractivity contribution is 0.376. The molecule has 5 heteroatoms. The first kappa shape index (κ1) is 14.5. The molecule has 1 unspecified atom stereocenters. The Balaban J connectivity index is 2.00. The molecule has 1 aliphatic heterocycles. The molecule has 0 aliphatic carbocycles. The third kappa shape index (κ3) is 4.05. The van der Waals surface area contributed by atoms with Crippen molar-refractivity contribution in [2.75, 3.05) is 24.5 Å². The Bertz CT molecular complexity index is 425. The third-order valence-electron chi connectivity index (χ3n) is 3.42. The van der Waals surface area contributed by atoms with E-state index in [-0.39, 0.29) is 5.82 Å². The molecule has 0 bridgehead atoms. The molecule has 1 aliphatic rings. The molecule has 3 nitrogen and oxygen atoms in total. The van der Waals surface area contributed by atoms with Gasteiger partial charge in [-0.15, -0.1) is 0 Å². The fraction of sp³-hybridized carbons (Fsp3) is 0.643. The Hall–Kier alpha value is -0.870. The van der Waals surface area contributed by atoms with Crippen molar-refractivity contribution in [3.63, 3.8) is 0 Å². The zero-order chi connectivity index (χ0) is 13.8. The van der Waals surface area contributed by atoms with Gasteiger partial charge in [0.2, 0.25) is 0 Å². The van der Waals surface area contributed by atoms with Crippen LogP contribution in [-0.4, -0.2) is 30.7 Å². The Morgan fingerprint density at radius 1 is 1.58 bits per heavy atom. The van der Waals surface area contributed by atoms with E-state index in [4.69, 9.17) is 11.6 Å². The highest BCUT2D eigenvalue weighted by molar-refractivity contribution is 6.30. The predicted octanol–water partition coefficient (Wildman–Crippen LogP) is 3.09. The number of nitrogens with zero attached hydrogens (tertiary/aromatic N) is 2. The van der Waals surface area contributed by atoms with Crippen LogP contribution in [0, 0.1) is 11.7 Å². The zero-order valence-electron chi connectivity index (χ0n) is 11.5. The van der Waals surface area contributed by atoms with Gasteiger partial charge in [0.05, 0.1) is 5.02 Å². The van der Waals surface area contributed by atoms with Crippen LogP contribution in [0.15, 0.2) is 12.3 Å². The van der Waals surface area contributed by atoms with E-state index in [2.05, 4.69) is 24.1 Å². The molecule has 1 saturated heterocycles. The van der Waals surface area contributed by atoms with Crippen molar-refractivity contribution >= 4 is 17.4 Å². The topological polar surface area (TPSA) is 28.2 Å². The second-order valence-electron chi connectivity index (χ2n) is 5.48. The lowest BCUT2D eigenvalue weighted by Crippen LogP contribution is -2.41. The molecule has 0 aromatic carbocycles. The fourth-order valence-corrected chi connectivity index (χ4v) is 2.61. The molecule has 0 amide bonds. The van der Waals surface area contributed by atoms with Crippen molar-refractivity contribution in [2.45, 2.75) is 32.7 Å². The average Bonchev–Trinajstić information content (AvgIpc) is 2.36. The van der Waals surface area contributed by atoms with E-state index in [1.807, 2.05) is 4.90 Å². The van der Waals surface area contributed by atoms with E-state index in [1.54, 1.807) is 0 Å². The molecule has 1 aromatic heterocycles. The normalized spacial score (nSPS) is 20.1.